The van der Waals surface area contributed by atoms with E-state index in [1.807, 2.05) is 19.9 Å². The Morgan fingerprint density at radius 3 is 2.41 bits per heavy atom. The number of benzene rings is 1. The number of nitrogens with one attached hydrogen (secondary N) is 2. The van der Waals surface area contributed by atoms with Crippen LogP contribution >= 0.6 is 0 Å². The third-order valence-electron chi connectivity index (χ3n) is 3.29. The van der Waals surface area contributed by atoms with E-state index in [0.29, 0.717) is 24.3 Å². The number of ether oxygens (including phenoxy) is 1. The number of hydrogen-bond acceptors (Lipinski definition) is 3. The minimum atomic E-state index is -0.362. The Labute approximate surface area is 129 Å². The number of amides is 1. The predicted molar refractivity (Wildman–Crippen MR) is 85.0 cm³/mol. The summed E-state index contributed by atoms with van der Waals surface area (Å²) in [5.74, 6) is -0.454. The summed E-state index contributed by atoms with van der Waals surface area (Å²) < 4.78 is 4.91. The Hall–Kier alpha value is -2.56. The second-order valence-corrected chi connectivity index (χ2v) is 5.13. The molecule has 0 unspecified atom stereocenters. The molecule has 0 bridgehead atoms. The van der Waals surface area contributed by atoms with Crippen LogP contribution in [0.1, 0.15) is 34.2 Å². The number of hydrogen-bond donors (Lipinski definition) is 2. The van der Waals surface area contributed by atoms with Crippen LogP contribution in [0.4, 0.5) is 5.69 Å². The highest BCUT2D eigenvalue weighted by Crippen LogP contribution is 2.13. The van der Waals surface area contributed by atoms with E-state index in [4.69, 9.17) is 4.74 Å². The number of rotatable bonds is 5. The number of aryl methyl sites for hydroxylation is 2. The fraction of sp³-hybridized carbons (Fsp3) is 0.294. The van der Waals surface area contributed by atoms with Gasteiger partial charge in [0.15, 0.2) is 0 Å². The molecule has 0 spiro atoms. The van der Waals surface area contributed by atoms with Gasteiger partial charge >= 0.3 is 5.97 Å². The van der Waals surface area contributed by atoms with Gasteiger partial charge in [0.1, 0.15) is 0 Å². The van der Waals surface area contributed by atoms with Crippen molar-refractivity contribution in [3.05, 3.63) is 52.8 Å². The Bertz CT molecular complexity index is 672. The first-order valence-electron chi connectivity index (χ1n) is 7.21. The first-order valence-corrected chi connectivity index (χ1v) is 7.21. The summed E-state index contributed by atoms with van der Waals surface area (Å²) in [6.07, 6.45) is 0.315. The van der Waals surface area contributed by atoms with Crippen LogP contribution < -0.4 is 5.32 Å². The quantitative estimate of drug-likeness (QED) is 0.834. The molecule has 0 aliphatic rings. The predicted octanol–water partition coefficient (Wildman–Crippen LogP) is 2.99. The Balaban J connectivity index is 1.97. The van der Waals surface area contributed by atoms with E-state index in [1.165, 1.54) is 0 Å². The number of carbonyl (C=O) groups excluding carboxylic acids is 2. The lowest BCUT2D eigenvalue weighted by Gasteiger charge is -2.06. The lowest BCUT2D eigenvalue weighted by atomic mass is 10.1. The van der Waals surface area contributed by atoms with Crippen LogP contribution in [-0.4, -0.2) is 23.5 Å². The molecule has 2 rings (SSSR count). The molecule has 0 radical (unpaired) electrons. The van der Waals surface area contributed by atoms with E-state index in [9.17, 15) is 9.59 Å². The van der Waals surface area contributed by atoms with Crippen LogP contribution in [0.25, 0.3) is 0 Å². The number of carbonyl (C=O) groups is 2. The maximum Gasteiger partial charge on any atom is 0.338 e. The summed E-state index contributed by atoms with van der Waals surface area (Å²) >= 11 is 0. The smallest absolute Gasteiger partial charge is 0.338 e. The Kier molecular flexibility index (Phi) is 4.99. The van der Waals surface area contributed by atoms with Gasteiger partial charge < -0.3 is 15.0 Å². The van der Waals surface area contributed by atoms with Gasteiger partial charge in [-0.2, -0.15) is 0 Å². The summed E-state index contributed by atoms with van der Waals surface area (Å²) in [7, 11) is 0. The van der Waals surface area contributed by atoms with Crippen LogP contribution in [0.15, 0.2) is 30.3 Å². The molecule has 0 saturated carbocycles. The average Bonchev–Trinajstić information content (AvgIpc) is 2.77. The highest BCUT2D eigenvalue weighted by atomic mass is 16.5. The molecule has 0 aliphatic carbocycles. The molecule has 0 atom stereocenters. The minimum absolute atomic E-state index is 0.0917. The SMILES string of the molecule is CCOC(=O)c1ccc(NC(=O)Cc2cc(C)[nH]c2C)cc1. The maximum absolute atomic E-state index is 12.0. The monoisotopic (exact) mass is 300 g/mol. The van der Waals surface area contributed by atoms with Gasteiger partial charge in [0.2, 0.25) is 5.91 Å². The van der Waals surface area contributed by atoms with Crippen molar-refractivity contribution in [1.29, 1.82) is 0 Å². The van der Waals surface area contributed by atoms with Crippen LogP contribution in [0.5, 0.6) is 0 Å². The summed E-state index contributed by atoms with van der Waals surface area (Å²) in [6, 6.07) is 8.64. The first kappa shape index (κ1) is 15.8. The molecule has 5 nitrogen and oxygen atoms in total. The van der Waals surface area contributed by atoms with Gasteiger partial charge in [-0.1, -0.05) is 0 Å². The van der Waals surface area contributed by atoms with Crippen molar-refractivity contribution in [3.8, 4) is 0 Å². The van der Waals surface area contributed by atoms with Crippen molar-refractivity contribution >= 4 is 17.6 Å². The van der Waals surface area contributed by atoms with Gasteiger partial charge in [-0.25, -0.2) is 4.79 Å². The summed E-state index contributed by atoms with van der Waals surface area (Å²) in [4.78, 5) is 26.8. The van der Waals surface area contributed by atoms with Crippen molar-refractivity contribution in [2.75, 3.05) is 11.9 Å². The van der Waals surface area contributed by atoms with Crippen molar-refractivity contribution in [2.24, 2.45) is 0 Å². The molecule has 1 heterocycles. The van der Waals surface area contributed by atoms with E-state index >= 15 is 0 Å². The van der Waals surface area contributed by atoms with E-state index in [1.54, 1.807) is 31.2 Å². The van der Waals surface area contributed by atoms with Crippen LogP contribution in [0, 0.1) is 13.8 Å². The third kappa shape index (κ3) is 3.97. The Morgan fingerprint density at radius 1 is 1.18 bits per heavy atom. The van der Waals surface area contributed by atoms with Gasteiger partial charge in [0.25, 0.3) is 0 Å². The van der Waals surface area contributed by atoms with E-state index in [-0.39, 0.29) is 11.9 Å². The zero-order chi connectivity index (χ0) is 16.1. The largest absolute Gasteiger partial charge is 0.462 e. The van der Waals surface area contributed by atoms with Crippen molar-refractivity contribution in [2.45, 2.75) is 27.2 Å². The van der Waals surface area contributed by atoms with Gasteiger partial charge in [-0.15, -0.1) is 0 Å². The molecule has 116 valence electrons. The highest BCUT2D eigenvalue weighted by Gasteiger charge is 2.10. The molecule has 0 saturated heterocycles. The number of anilines is 1. The number of aromatic nitrogens is 1. The Morgan fingerprint density at radius 2 is 1.86 bits per heavy atom. The molecule has 2 aromatic rings. The van der Waals surface area contributed by atoms with Crippen molar-refractivity contribution < 1.29 is 14.3 Å². The molecule has 22 heavy (non-hydrogen) atoms. The molecule has 1 aromatic carbocycles. The summed E-state index contributed by atoms with van der Waals surface area (Å²) in [5, 5.41) is 2.82. The number of aromatic amines is 1. The van der Waals surface area contributed by atoms with E-state index in [2.05, 4.69) is 10.3 Å². The fourth-order valence-electron chi connectivity index (χ4n) is 2.25. The normalized spacial score (nSPS) is 10.3. The average molecular weight is 300 g/mol. The molecule has 0 aliphatic heterocycles. The van der Waals surface area contributed by atoms with Gasteiger partial charge in [-0.05, 0) is 56.7 Å². The molecular weight excluding hydrogens is 280 g/mol. The van der Waals surface area contributed by atoms with E-state index < -0.39 is 0 Å². The lowest BCUT2D eigenvalue weighted by Crippen LogP contribution is -2.14. The lowest BCUT2D eigenvalue weighted by molar-refractivity contribution is -0.115. The molecule has 1 aromatic heterocycles. The maximum atomic E-state index is 12.0. The minimum Gasteiger partial charge on any atom is -0.462 e. The number of H-pyrrole nitrogens is 1. The molecule has 0 fully saturated rings. The topological polar surface area (TPSA) is 71.2 Å². The van der Waals surface area contributed by atoms with Gasteiger partial charge in [0.05, 0.1) is 18.6 Å². The zero-order valence-electron chi connectivity index (χ0n) is 13.0. The first-order chi connectivity index (χ1) is 10.5. The zero-order valence-corrected chi connectivity index (χ0v) is 13.0. The van der Waals surface area contributed by atoms with Crippen LogP contribution in [0.3, 0.4) is 0 Å². The molecule has 1 amide bonds. The summed E-state index contributed by atoms with van der Waals surface area (Å²) in [6.45, 7) is 6.01. The van der Waals surface area contributed by atoms with E-state index in [0.717, 1.165) is 17.0 Å². The number of esters is 1. The van der Waals surface area contributed by atoms with Gasteiger partial charge in [0, 0.05) is 17.1 Å². The van der Waals surface area contributed by atoms with Crippen molar-refractivity contribution in [3.63, 3.8) is 0 Å². The van der Waals surface area contributed by atoms with Crippen LogP contribution in [-0.2, 0) is 16.0 Å². The molecular formula is C17H20N2O3. The van der Waals surface area contributed by atoms with Gasteiger partial charge in [-0.3, -0.25) is 4.79 Å². The second-order valence-electron chi connectivity index (χ2n) is 5.13. The van der Waals surface area contributed by atoms with Crippen molar-refractivity contribution in [1.82, 2.24) is 4.98 Å². The fourth-order valence-corrected chi connectivity index (χ4v) is 2.25. The summed E-state index contributed by atoms with van der Waals surface area (Å²) in [5.41, 5.74) is 4.16. The third-order valence-corrected chi connectivity index (χ3v) is 3.29. The second kappa shape index (κ2) is 6.93. The standard InChI is InChI=1S/C17H20N2O3/c1-4-22-17(21)13-5-7-15(8-6-13)19-16(20)10-14-9-11(2)18-12(14)3/h5-9,18H,4,10H2,1-3H3,(H,19,20). The van der Waals surface area contributed by atoms with Crippen LogP contribution in [0.2, 0.25) is 0 Å². The molecule has 5 heteroatoms. The molecule has 2 N–H and O–H groups in total. The highest BCUT2D eigenvalue weighted by molar-refractivity contribution is 5.94.